The van der Waals surface area contributed by atoms with E-state index in [-0.39, 0.29) is 6.04 Å². The van der Waals surface area contributed by atoms with Crippen LogP contribution in [0.15, 0.2) is 17.5 Å². The van der Waals surface area contributed by atoms with Crippen LogP contribution < -0.4 is 5.32 Å². The van der Waals surface area contributed by atoms with E-state index in [1.54, 1.807) is 11.3 Å². The molecule has 0 aliphatic carbocycles. The van der Waals surface area contributed by atoms with Gasteiger partial charge in [-0.25, -0.2) is 5.11 Å². The first kappa shape index (κ1) is 8.23. The van der Waals surface area contributed by atoms with Gasteiger partial charge in [0.05, 0.1) is 0 Å². The molecule has 1 aromatic heterocycles. The van der Waals surface area contributed by atoms with E-state index in [2.05, 4.69) is 5.32 Å². The standard InChI is InChI=1S/C9H12NOS/c11-9(7-3-1-5-10-7)8-4-2-6-12-8/h2,4,6-7,9-10H,1,3,5H2/t7-,9?/m1/s1. The van der Waals surface area contributed by atoms with Crippen LogP contribution in [0.25, 0.3) is 0 Å². The highest BCUT2D eigenvalue weighted by atomic mass is 32.1. The zero-order chi connectivity index (χ0) is 8.39. The van der Waals surface area contributed by atoms with Gasteiger partial charge in [-0.2, -0.15) is 0 Å². The average molecular weight is 182 g/mol. The van der Waals surface area contributed by atoms with Crippen molar-refractivity contribution in [1.29, 1.82) is 0 Å². The van der Waals surface area contributed by atoms with E-state index in [9.17, 15) is 5.11 Å². The third kappa shape index (κ3) is 1.53. The fraction of sp³-hybridized carbons (Fsp3) is 0.556. The van der Waals surface area contributed by atoms with Gasteiger partial charge in [-0.05, 0) is 30.8 Å². The Hall–Kier alpha value is -0.380. The Labute approximate surface area is 76.2 Å². The van der Waals surface area contributed by atoms with Gasteiger partial charge in [0.15, 0.2) is 0 Å². The van der Waals surface area contributed by atoms with Crippen LogP contribution in [0.4, 0.5) is 0 Å². The normalized spacial score (nSPS) is 25.9. The van der Waals surface area contributed by atoms with Crippen LogP contribution in [-0.2, 0) is 5.11 Å². The van der Waals surface area contributed by atoms with E-state index < -0.39 is 6.10 Å². The molecular formula is C9H12NOS. The highest BCUT2D eigenvalue weighted by Crippen LogP contribution is 2.26. The summed E-state index contributed by atoms with van der Waals surface area (Å²) in [6, 6.07) is 4.05. The van der Waals surface area contributed by atoms with Gasteiger partial charge in [0, 0.05) is 10.9 Å². The third-order valence-corrected chi connectivity index (χ3v) is 3.22. The second-order valence-corrected chi connectivity index (χ2v) is 4.12. The molecule has 1 aliphatic rings. The van der Waals surface area contributed by atoms with E-state index in [1.807, 2.05) is 17.5 Å². The maximum Gasteiger partial charge on any atom is 0.142 e. The molecule has 1 radical (unpaired) electrons. The van der Waals surface area contributed by atoms with Crippen molar-refractivity contribution in [3.05, 3.63) is 22.4 Å². The van der Waals surface area contributed by atoms with Crippen molar-refractivity contribution < 1.29 is 5.11 Å². The van der Waals surface area contributed by atoms with Crippen molar-refractivity contribution in [1.82, 2.24) is 5.32 Å². The van der Waals surface area contributed by atoms with Crippen LogP contribution in [0.3, 0.4) is 0 Å². The lowest BCUT2D eigenvalue weighted by molar-refractivity contribution is 0.0619. The number of thiophene rings is 1. The predicted molar refractivity (Wildman–Crippen MR) is 48.8 cm³/mol. The quantitative estimate of drug-likeness (QED) is 0.745. The smallest absolute Gasteiger partial charge is 0.142 e. The predicted octanol–water partition coefficient (Wildman–Crippen LogP) is 1.97. The van der Waals surface area contributed by atoms with Gasteiger partial charge in [0.1, 0.15) is 6.10 Å². The fourth-order valence-corrected chi connectivity index (χ4v) is 2.39. The minimum Gasteiger partial charge on any atom is -0.311 e. The van der Waals surface area contributed by atoms with Crippen molar-refractivity contribution in [2.45, 2.75) is 25.0 Å². The average Bonchev–Trinajstić information content (AvgIpc) is 2.77. The molecule has 1 aliphatic heterocycles. The van der Waals surface area contributed by atoms with Crippen LogP contribution in [0.5, 0.6) is 0 Å². The highest BCUT2D eigenvalue weighted by molar-refractivity contribution is 7.10. The van der Waals surface area contributed by atoms with Crippen molar-refractivity contribution in [2.24, 2.45) is 0 Å². The number of hydrogen-bond donors (Lipinski definition) is 1. The fourth-order valence-electron chi connectivity index (χ4n) is 1.62. The molecule has 3 heteroatoms. The van der Waals surface area contributed by atoms with E-state index in [0.29, 0.717) is 0 Å². The largest absolute Gasteiger partial charge is 0.311 e. The summed E-state index contributed by atoms with van der Waals surface area (Å²) in [5.41, 5.74) is 0. The van der Waals surface area contributed by atoms with Gasteiger partial charge in [0.2, 0.25) is 0 Å². The van der Waals surface area contributed by atoms with Gasteiger partial charge in [-0.3, -0.25) is 0 Å². The second kappa shape index (κ2) is 3.56. The lowest BCUT2D eigenvalue weighted by Gasteiger charge is -2.13. The second-order valence-electron chi connectivity index (χ2n) is 3.14. The first-order valence-electron chi connectivity index (χ1n) is 4.30. The maximum atomic E-state index is 11.7. The molecule has 2 heterocycles. The SMILES string of the molecule is [O]C(c1cccs1)[C@H]1CCCN1. The lowest BCUT2D eigenvalue weighted by Crippen LogP contribution is -2.27. The lowest BCUT2D eigenvalue weighted by atomic mass is 10.1. The van der Waals surface area contributed by atoms with Crippen LogP contribution in [0.2, 0.25) is 0 Å². The topological polar surface area (TPSA) is 31.9 Å². The molecule has 0 amide bonds. The summed E-state index contributed by atoms with van der Waals surface area (Å²) in [7, 11) is 0. The molecule has 2 atom stereocenters. The Morgan fingerprint density at radius 3 is 3.17 bits per heavy atom. The number of hydrogen-bond acceptors (Lipinski definition) is 2. The van der Waals surface area contributed by atoms with E-state index in [1.165, 1.54) is 0 Å². The molecule has 2 rings (SSSR count). The molecule has 1 fully saturated rings. The summed E-state index contributed by atoms with van der Waals surface area (Å²) < 4.78 is 0. The summed E-state index contributed by atoms with van der Waals surface area (Å²) in [5.74, 6) is 0. The molecule has 1 aromatic rings. The molecule has 1 unspecified atom stereocenters. The first-order chi connectivity index (χ1) is 5.88. The Morgan fingerprint density at radius 1 is 1.67 bits per heavy atom. The monoisotopic (exact) mass is 182 g/mol. The minimum absolute atomic E-state index is 0.170. The molecule has 12 heavy (non-hydrogen) atoms. The molecule has 0 spiro atoms. The zero-order valence-electron chi connectivity index (χ0n) is 6.82. The van der Waals surface area contributed by atoms with Gasteiger partial charge in [-0.1, -0.05) is 6.07 Å². The van der Waals surface area contributed by atoms with E-state index >= 15 is 0 Å². The Morgan fingerprint density at radius 2 is 2.58 bits per heavy atom. The summed E-state index contributed by atoms with van der Waals surface area (Å²) in [6.07, 6.45) is 1.63. The van der Waals surface area contributed by atoms with Crippen molar-refractivity contribution in [3.8, 4) is 0 Å². The summed E-state index contributed by atoms with van der Waals surface area (Å²) >= 11 is 1.57. The molecule has 0 saturated carbocycles. The molecule has 1 N–H and O–H groups in total. The summed E-state index contributed by atoms with van der Waals surface area (Å²) in [6.45, 7) is 1.01. The zero-order valence-corrected chi connectivity index (χ0v) is 7.64. The van der Waals surface area contributed by atoms with Gasteiger partial charge in [-0.15, -0.1) is 11.3 Å². The van der Waals surface area contributed by atoms with Gasteiger partial charge >= 0.3 is 0 Å². The minimum atomic E-state index is -0.549. The molecule has 0 aromatic carbocycles. The molecule has 65 valence electrons. The van der Waals surface area contributed by atoms with Crippen molar-refractivity contribution in [3.63, 3.8) is 0 Å². The summed E-state index contributed by atoms with van der Waals surface area (Å²) in [5, 5.41) is 16.9. The molecule has 1 saturated heterocycles. The Balaban J connectivity index is 2.04. The van der Waals surface area contributed by atoms with E-state index in [4.69, 9.17) is 0 Å². The van der Waals surface area contributed by atoms with Crippen LogP contribution in [0, 0.1) is 0 Å². The molecular weight excluding hydrogens is 170 g/mol. The number of rotatable bonds is 2. The summed E-state index contributed by atoms with van der Waals surface area (Å²) in [4.78, 5) is 0.967. The Bertz CT molecular complexity index is 229. The van der Waals surface area contributed by atoms with Crippen molar-refractivity contribution >= 4 is 11.3 Å². The van der Waals surface area contributed by atoms with Crippen LogP contribution in [0.1, 0.15) is 23.8 Å². The van der Waals surface area contributed by atoms with Gasteiger partial charge < -0.3 is 5.32 Å². The van der Waals surface area contributed by atoms with Gasteiger partial charge in [0.25, 0.3) is 0 Å². The third-order valence-electron chi connectivity index (χ3n) is 2.29. The van der Waals surface area contributed by atoms with E-state index in [0.717, 1.165) is 24.3 Å². The molecule has 2 nitrogen and oxygen atoms in total. The van der Waals surface area contributed by atoms with Crippen LogP contribution in [-0.4, -0.2) is 12.6 Å². The first-order valence-corrected chi connectivity index (χ1v) is 5.18. The number of nitrogens with one attached hydrogen (secondary N) is 1. The van der Waals surface area contributed by atoms with Crippen LogP contribution >= 0.6 is 11.3 Å². The van der Waals surface area contributed by atoms with Crippen molar-refractivity contribution in [2.75, 3.05) is 6.54 Å². The molecule has 0 bridgehead atoms. The maximum absolute atomic E-state index is 11.7. The Kier molecular flexibility index (Phi) is 2.44. The highest BCUT2D eigenvalue weighted by Gasteiger charge is 2.25.